The van der Waals surface area contributed by atoms with E-state index in [4.69, 9.17) is 4.74 Å². The highest BCUT2D eigenvalue weighted by Gasteiger charge is 2.26. The number of urea groups is 1. The normalized spacial score (nSPS) is 16.8. The van der Waals surface area contributed by atoms with Crippen LogP contribution in [-0.4, -0.2) is 48.3 Å². The predicted molar refractivity (Wildman–Crippen MR) is 96.5 cm³/mol. The zero-order chi connectivity index (χ0) is 17.5. The Hall–Kier alpha value is -2.60. The number of piperazine rings is 1. The second kappa shape index (κ2) is 8.48. The van der Waals surface area contributed by atoms with Crippen molar-refractivity contribution in [2.75, 3.05) is 26.2 Å². The molecule has 6 nitrogen and oxygen atoms in total. The highest BCUT2D eigenvalue weighted by atomic mass is 16.5. The van der Waals surface area contributed by atoms with Crippen LogP contribution in [0.3, 0.4) is 0 Å². The van der Waals surface area contributed by atoms with Crippen LogP contribution in [0.2, 0.25) is 0 Å². The van der Waals surface area contributed by atoms with Gasteiger partial charge in [0.2, 0.25) is 0 Å². The Labute approximate surface area is 148 Å². The fourth-order valence-electron chi connectivity index (χ4n) is 2.83. The number of nitrogens with one attached hydrogen (secondary N) is 2. The summed E-state index contributed by atoms with van der Waals surface area (Å²) in [7, 11) is 0. The van der Waals surface area contributed by atoms with Crippen molar-refractivity contribution < 1.29 is 9.53 Å². The number of aromatic nitrogens is 1. The molecule has 1 saturated heterocycles. The van der Waals surface area contributed by atoms with Gasteiger partial charge in [-0.2, -0.15) is 0 Å². The van der Waals surface area contributed by atoms with E-state index >= 15 is 0 Å². The minimum absolute atomic E-state index is 0.00623. The third kappa shape index (κ3) is 4.70. The molecule has 2 N–H and O–H groups in total. The van der Waals surface area contributed by atoms with E-state index in [1.807, 2.05) is 47.4 Å². The van der Waals surface area contributed by atoms with Gasteiger partial charge in [0.1, 0.15) is 5.75 Å². The molecule has 132 valence electrons. The Kier molecular flexibility index (Phi) is 5.85. The summed E-state index contributed by atoms with van der Waals surface area (Å²) in [4.78, 5) is 18.5. The van der Waals surface area contributed by atoms with Crippen LogP contribution in [0, 0.1) is 0 Å². The lowest BCUT2D eigenvalue weighted by molar-refractivity contribution is 0.124. The number of benzene rings is 1. The van der Waals surface area contributed by atoms with Crippen molar-refractivity contribution in [3.8, 4) is 5.75 Å². The van der Waals surface area contributed by atoms with Crippen LogP contribution in [0.25, 0.3) is 0 Å². The van der Waals surface area contributed by atoms with Gasteiger partial charge in [-0.05, 0) is 17.7 Å². The number of rotatable bonds is 5. The molecule has 0 spiro atoms. The van der Waals surface area contributed by atoms with Crippen molar-refractivity contribution in [1.29, 1.82) is 0 Å². The topological polar surface area (TPSA) is 66.5 Å². The lowest BCUT2D eigenvalue weighted by Crippen LogP contribution is -2.54. The highest BCUT2D eigenvalue weighted by molar-refractivity contribution is 5.74. The largest absolute Gasteiger partial charge is 0.468 e. The quantitative estimate of drug-likeness (QED) is 0.819. The molecule has 25 heavy (non-hydrogen) atoms. The van der Waals surface area contributed by atoms with Gasteiger partial charge in [0.25, 0.3) is 0 Å². The lowest BCUT2D eigenvalue weighted by Gasteiger charge is -2.32. The summed E-state index contributed by atoms with van der Waals surface area (Å²) in [5, 5.41) is 6.29. The molecule has 1 aromatic heterocycles. The van der Waals surface area contributed by atoms with E-state index in [1.165, 1.54) is 0 Å². The van der Waals surface area contributed by atoms with Crippen LogP contribution in [0.1, 0.15) is 18.4 Å². The first-order valence-corrected chi connectivity index (χ1v) is 8.62. The third-order valence-electron chi connectivity index (χ3n) is 4.35. The molecular weight excluding hydrogens is 316 g/mol. The van der Waals surface area contributed by atoms with E-state index in [0.29, 0.717) is 18.8 Å². The van der Waals surface area contributed by atoms with Crippen molar-refractivity contribution in [1.82, 2.24) is 20.5 Å². The predicted octanol–water partition coefficient (Wildman–Crippen LogP) is 2.21. The zero-order valence-corrected chi connectivity index (χ0v) is 14.4. The molecule has 1 fully saturated rings. The second-order valence-corrected chi connectivity index (χ2v) is 6.11. The maximum Gasteiger partial charge on any atom is 0.320 e. The van der Waals surface area contributed by atoms with Crippen molar-refractivity contribution >= 4 is 6.03 Å². The maximum absolute atomic E-state index is 12.6. The second-order valence-electron chi connectivity index (χ2n) is 6.11. The van der Waals surface area contributed by atoms with Crippen LogP contribution in [-0.2, 0) is 0 Å². The van der Waals surface area contributed by atoms with Gasteiger partial charge in [0, 0.05) is 38.3 Å². The minimum Gasteiger partial charge on any atom is -0.468 e. The van der Waals surface area contributed by atoms with Gasteiger partial charge in [-0.15, -0.1) is 0 Å². The molecule has 0 saturated carbocycles. The van der Waals surface area contributed by atoms with Crippen LogP contribution in [0.4, 0.5) is 4.79 Å². The summed E-state index contributed by atoms with van der Waals surface area (Å²) >= 11 is 0. The van der Waals surface area contributed by atoms with Gasteiger partial charge in [-0.3, -0.25) is 4.98 Å². The Balaban J connectivity index is 1.74. The molecule has 1 aromatic carbocycles. The third-order valence-corrected chi connectivity index (χ3v) is 4.35. The number of nitrogens with zero attached hydrogens (tertiary/aromatic N) is 2. The number of carbonyl (C=O) groups is 1. The summed E-state index contributed by atoms with van der Waals surface area (Å²) in [5.74, 6) is 0.629. The molecule has 1 aliphatic rings. The van der Waals surface area contributed by atoms with Crippen molar-refractivity contribution in [2.45, 2.75) is 19.1 Å². The van der Waals surface area contributed by atoms with Gasteiger partial charge in [-0.1, -0.05) is 37.3 Å². The first-order chi connectivity index (χ1) is 12.2. The van der Waals surface area contributed by atoms with Crippen LogP contribution in [0.5, 0.6) is 5.75 Å². The number of hydrogen-bond acceptors (Lipinski definition) is 4. The average Bonchev–Trinajstić information content (AvgIpc) is 2.69. The van der Waals surface area contributed by atoms with Gasteiger partial charge in [-0.25, -0.2) is 4.79 Å². The SMILES string of the molecule is C[C@H](c1ccccc1)[C@@H](NC(=O)N1CCNCC1)Oc1cccnc1. The molecule has 0 unspecified atom stereocenters. The molecule has 6 heteroatoms. The monoisotopic (exact) mass is 340 g/mol. The molecule has 1 aliphatic heterocycles. The molecule has 2 amide bonds. The Morgan fingerprint density at radius 1 is 1.20 bits per heavy atom. The van der Waals surface area contributed by atoms with Gasteiger partial charge in [0.15, 0.2) is 6.23 Å². The zero-order valence-electron chi connectivity index (χ0n) is 14.4. The summed E-state index contributed by atoms with van der Waals surface area (Å²) in [6.45, 7) is 5.08. The number of amides is 2. The number of pyridine rings is 1. The highest BCUT2D eigenvalue weighted by Crippen LogP contribution is 2.22. The minimum atomic E-state index is -0.478. The van der Waals surface area contributed by atoms with Crippen molar-refractivity contribution in [3.05, 3.63) is 60.4 Å². The molecule has 2 atom stereocenters. The Morgan fingerprint density at radius 3 is 2.64 bits per heavy atom. The van der Waals surface area contributed by atoms with E-state index in [-0.39, 0.29) is 11.9 Å². The molecular formula is C19H24N4O2. The molecule has 0 bridgehead atoms. The van der Waals surface area contributed by atoms with Gasteiger partial charge in [0.05, 0.1) is 6.20 Å². The average molecular weight is 340 g/mol. The fourth-order valence-corrected chi connectivity index (χ4v) is 2.83. The summed E-state index contributed by atoms with van der Waals surface area (Å²) in [6.07, 6.45) is 2.87. The first-order valence-electron chi connectivity index (χ1n) is 8.62. The first kappa shape index (κ1) is 17.2. The molecule has 2 heterocycles. The standard InChI is InChI=1S/C19H24N4O2/c1-15(16-6-3-2-4-7-16)18(25-17-8-5-9-21-14-17)22-19(24)23-12-10-20-11-13-23/h2-9,14-15,18,20H,10-13H2,1H3,(H,22,24)/t15-,18+/m1/s1. The number of ether oxygens (including phenoxy) is 1. The van der Waals surface area contributed by atoms with Gasteiger partial charge >= 0.3 is 6.03 Å². The van der Waals surface area contributed by atoms with E-state index in [9.17, 15) is 4.79 Å². The summed E-state index contributed by atoms with van der Waals surface area (Å²) < 4.78 is 6.06. The van der Waals surface area contributed by atoms with E-state index < -0.39 is 6.23 Å². The van der Waals surface area contributed by atoms with E-state index in [1.54, 1.807) is 12.4 Å². The summed E-state index contributed by atoms with van der Waals surface area (Å²) in [6, 6.07) is 13.6. The van der Waals surface area contributed by atoms with E-state index in [2.05, 4.69) is 22.5 Å². The molecule has 3 rings (SSSR count). The van der Waals surface area contributed by atoms with Crippen LogP contribution < -0.4 is 15.4 Å². The smallest absolute Gasteiger partial charge is 0.320 e. The molecule has 2 aromatic rings. The Bertz CT molecular complexity index is 660. The van der Waals surface area contributed by atoms with Crippen molar-refractivity contribution in [3.63, 3.8) is 0 Å². The number of hydrogen-bond donors (Lipinski definition) is 2. The van der Waals surface area contributed by atoms with Gasteiger partial charge < -0.3 is 20.3 Å². The lowest BCUT2D eigenvalue weighted by atomic mass is 9.99. The van der Waals surface area contributed by atoms with E-state index in [0.717, 1.165) is 18.7 Å². The van der Waals surface area contributed by atoms with Crippen molar-refractivity contribution in [2.24, 2.45) is 0 Å². The molecule has 0 aliphatic carbocycles. The molecule has 0 radical (unpaired) electrons. The van der Waals surface area contributed by atoms with Crippen LogP contribution >= 0.6 is 0 Å². The summed E-state index contributed by atoms with van der Waals surface area (Å²) in [5.41, 5.74) is 1.11. The number of carbonyl (C=O) groups excluding carboxylic acids is 1. The Morgan fingerprint density at radius 2 is 1.96 bits per heavy atom. The maximum atomic E-state index is 12.6. The fraction of sp³-hybridized carbons (Fsp3) is 0.368. The van der Waals surface area contributed by atoms with Crippen LogP contribution in [0.15, 0.2) is 54.9 Å².